The number of hydrogen-bond donors (Lipinski definition) is 1. The SMILES string of the molecule is COC(=O)[C@H](CC(C)C)NS(=O)(=O)c1ccc(C)cc1C. The summed E-state index contributed by atoms with van der Waals surface area (Å²) in [6, 6.07) is 4.21. The number of rotatable bonds is 6. The highest BCUT2D eigenvalue weighted by molar-refractivity contribution is 7.89. The zero-order valence-electron chi connectivity index (χ0n) is 13.1. The van der Waals surface area contributed by atoms with Crippen molar-refractivity contribution in [2.24, 2.45) is 5.92 Å². The molecule has 0 aliphatic rings. The minimum absolute atomic E-state index is 0.163. The highest BCUT2D eigenvalue weighted by Gasteiger charge is 2.27. The summed E-state index contributed by atoms with van der Waals surface area (Å²) in [7, 11) is -2.51. The van der Waals surface area contributed by atoms with Gasteiger partial charge in [0.1, 0.15) is 6.04 Å². The minimum atomic E-state index is -3.76. The largest absolute Gasteiger partial charge is 0.468 e. The van der Waals surface area contributed by atoms with Crippen molar-refractivity contribution < 1.29 is 17.9 Å². The van der Waals surface area contributed by atoms with Crippen LogP contribution in [0, 0.1) is 19.8 Å². The fraction of sp³-hybridized carbons (Fsp3) is 0.533. The Morgan fingerprint density at radius 3 is 2.38 bits per heavy atom. The number of benzene rings is 1. The highest BCUT2D eigenvalue weighted by atomic mass is 32.2. The van der Waals surface area contributed by atoms with Crippen molar-refractivity contribution in [2.75, 3.05) is 7.11 Å². The molecule has 118 valence electrons. The Morgan fingerprint density at radius 1 is 1.29 bits per heavy atom. The van der Waals surface area contributed by atoms with Crippen LogP contribution < -0.4 is 4.72 Å². The van der Waals surface area contributed by atoms with Crippen LogP contribution >= 0.6 is 0 Å². The molecule has 1 aromatic rings. The fourth-order valence-corrected chi connectivity index (χ4v) is 3.58. The molecule has 0 fully saturated rings. The second kappa shape index (κ2) is 7.04. The number of carbonyl (C=O) groups excluding carboxylic acids is 1. The first-order chi connectivity index (χ1) is 9.67. The van der Waals surface area contributed by atoms with Crippen molar-refractivity contribution in [1.29, 1.82) is 0 Å². The van der Waals surface area contributed by atoms with Gasteiger partial charge in [0.25, 0.3) is 0 Å². The van der Waals surface area contributed by atoms with Gasteiger partial charge in [-0.05, 0) is 37.8 Å². The summed E-state index contributed by atoms with van der Waals surface area (Å²) in [5.74, 6) is -0.409. The molecule has 6 heteroatoms. The molecule has 0 spiro atoms. The number of ether oxygens (including phenoxy) is 1. The Kier molecular flexibility index (Phi) is 5.92. The van der Waals surface area contributed by atoms with Crippen molar-refractivity contribution in [3.63, 3.8) is 0 Å². The maximum absolute atomic E-state index is 12.5. The third-order valence-electron chi connectivity index (χ3n) is 3.11. The first-order valence-electron chi connectivity index (χ1n) is 6.84. The van der Waals surface area contributed by atoms with Crippen molar-refractivity contribution in [3.8, 4) is 0 Å². The van der Waals surface area contributed by atoms with Gasteiger partial charge in [-0.1, -0.05) is 31.5 Å². The fourth-order valence-electron chi connectivity index (χ4n) is 2.16. The lowest BCUT2D eigenvalue weighted by Gasteiger charge is -2.19. The number of hydrogen-bond acceptors (Lipinski definition) is 4. The number of sulfonamides is 1. The monoisotopic (exact) mass is 313 g/mol. The van der Waals surface area contributed by atoms with Crippen LogP contribution in [0.1, 0.15) is 31.4 Å². The second-order valence-corrected chi connectivity index (χ2v) is 7.28. The quantitative estimate of drug-likeness (QED) is 0.817. The van der Waals surface area contributed by atoms with E-state index in [0.717, 1.165) is 5.56 Å². The molecule has 21 heavy (non-hydrogen) atoms. The molecule has 0 radical (unpaired) electrons. The third kappa shape index (κ3) is 4.82. The lowest BCUT2D eigenvalue weighted by Crippen LogP contribution is -2.42. The lowest BCUT2D eigenvalue weighted by molar-refractivity contribution is -0.143. The molecule has 0 aromatic heterocycles. The van der Waals surface area contributed by atoms with Gasteiger partial charge in [-0.2, -0.15) is 4.72 Å². The van der Waals surface area contributed by atoms with Crippen molar-refractivity contribution in [3.05, 3.63) is 29.3 Å². The van der Waals surface area contributed by atoms with Gasteiger partial charge in [-0.15, -0.1) is 0 Å². The van der Waals surface area contributed by atoms with Gasteiger partial charge >= 0.3 is 5.97 Å². The topological polar surface area (TPSA) is 72.5 Å². The van der Waals surface area contributed by atoms with E-state index >= 15 is 0 Å². The highest BCUT2D eigenvalue weighted by Crippen LogP contribution is 2.18. The average Bonchev–Trinajstić information content (AvgIpc) is 2.35. The molecule has 5 nitrogen and oxygen atoms in total. The summed E-state index contributed by atoms with van der Waals surface area (Å²) >= 11 is 0. The smallest absolute Gasteiger partial charge is 0.323 e. The number of methoxy groups -OCH3 is 1. The summed E-state index contributed by atoms with van der Waals surface area (Å²) in [6.45, 7) is 7.47. The van der Waals surface area contributed by atoms with E-state index in [2.05, 4.69) is 9.46 Å². The summed E-state index contributed by atoms with van der Waals surface area (Å²) in [5.41, 5.74) is 1.63. The van der Waals surface area contributed by atoms with E-state index in [1.165, 1.54) is 7.11 Å². The van der Waals surface area contributed by atoms with Gasteiger partial charge in [0.05, 0.1) is 12.0 Å². The number of carbonyl (C=O) groups is 1. The number of aryl methyl sites for hydroxylation is 2. The average molecular weight is 313 g/mol. The Morgan fingerprint density at radius 2 is 1.90 bits per heavy atom. The summed E-state index contributed by atoms with van der Waals surface area (Å²) < 4.78 is 32.0. The van der Waals surface area contributed by atoms with Gasteiger partial charge in [0, 0.05) is 0 Å². The Balaban J connectivity index is 3.08. The van der Waals surface area contributed by atoms with E-state index in [1.54, 1.807) is 25.1 Å². The molecule has 0 bridgehead atoms. The normalized spacial score (nSPS) is 13.2. The molecule has 0 amide bonds. The van der Waals surface area contributed by atoms with E-state index in [9.17, 15) is 13.2 Å². The van der Waals surface area contributed by atoms with Crippen LogP contribution in [0.3, 0.4) is 0 Å². The molecule has 0 saturated heterocycles. The Bertz CT molecular complexity index is 608. The van der Waals surface area contributed by atoms with Crippen molar-refractivity contribution in [2.45, 2.75) is 45.1 Å². The zero-order valence-corrected chi connectivity index (χ0v) is 14.0. The number of esters is 1. The molecular weight excluding hydrogens is 290 g/mol. The van der Waals surface area contributed by atoms with E-state index in [0.29, 0.717) is 12.0 Å². The molecule has 0 unspecified atom stereocenters. The molecule has 1 rings (SSSR count). The molecular formula is C15H23NO4S. The van der Waals surface area contributed by atoms with Crippen LogP contribution in [0.5, 0.6) is 0 Å². The molecule has 0 heterocycles. The molecule has 1 atom stereocenters. The molecule has 0 aliphatic heterocycles. The summed E-state index contributed by atoms with van der Waals surface area (Å²) in [4.78, 5) is 11.9. The van der Waals surface area contributed by atoms with Crippen LogP contribution in [0.25, 0.3) is 0 Å². The Labute approximate surface area is 126 Å². The first kappa shape index (κ1) is 17.7. The predicted octanol–water partition coefficient (Wildman–Crippen LogP) is 2.17. The molecule has 1 aromatic carbocycles. The van der Waals surface area contributed by atoms with Crippen LogP contribution in [0.4, 0.5) is 0 Å². The van der Waals surface area contributed by atoms with Gasteiger partial charge in [-0.25, -0.2) is 8.42 Å². The van der Waals surface area contributed by atoms with Crippen molar-refractivity contribution in [1.82, 2.24) is 4.72 Å². The minimum Gasteiger partial charge on any atom is -0.468 e. The third-order valence-corrected chi connectivity index (χ3v) is 4.74. The lowest BCUT2D eigenvalue weighted by atomic mass is 10.1. The molecule has 0 saturated carbocycles. The van der Waals surface area contributed by atoms with E-state index in [4.69, 9.17) is 0 Å². The summed E-state index contributed by atoms with van der Waals surface area (Å²) in [5, 5.41) is 0. The zero-order chi connectivity index (χ0) is 16.2. The van der Waals surface area contributed by atoms with E-state index in [-0.39, 0.29) is 10.8 Å². The molecule has 1 N–H and O–H groups in total. The van der Waals surface area contributed by atoms with Gasteiger partial charge in [0.15, 0.2) is 0 Å². The van der Waals surface area contributed by atoms with Crippen LogP contribution in [0.15, 0.2) is 23.1 Å². The molecule has 0 aliphatic carbocycles. The maximum Gasteiger partial charge on any atom is 0.323 e. The first-order valence-corrected chi connectivity index (χ1v) is 8.33. The van der Waals surface area contributed by atoms with Gasteiger partial charge in [0.2, 0.25) is 10.0 Å². The van der Waals surface area contributed by atoms with Gasteiger partial charge < -0.3 is 4.74 Å². The van der Waals surface area contributed by atoms with Crippen molar-refractivity contribution >= 4 is 16.0 Å². The van der Waals surface area contributed by atoms with Crippen LogP contribution in [-0.4, -0.2) is 27.5 Å². The van der Waals surface area contributed by atoms with Crippen LogP contribution in [0.2, 0.25) is 0 Å². The van der Waals surface area contributed by atoms with Crippen LogP contribution in [-0.2, 0) is 19.6 Å². The number of nitrogens with one attached hydrogen (secondary N) is 1. The maximum atomic E-state index is 12.5. The van der Waals surface area contributed by atoms with E-state index in [1.807, 2.05) is 20.8 Å². The standard InChI is InChI=1S/C15H23NO4S/c1-10(2)8-13(15(17)20-5)16-21(18,19)14-7-6-11(3)9-12(14)4/h6-7,9-10,13,16H,8H2,1-5H3/t13-/m0/s1. The Hall–Kier alpha value is -1.40. The second-order valence-electron chi connectivity index (χ2n) is 5.60. The van der Waals surface area contributed by atoms with E-state index < -0.39 is 22.0 Å². The summed E-state index contributed by atoms with van der Waals surface area (Å²) in [6.07, 6.45) is 0.386. The predicted molar refractivity (Wildman–Crippen MR) is 81.5 cm³/mol. The van der Waals surface area contributed by atoms with Gasteiger partial charge in [-0.3, -0.25) is 4.79 Å².